The number of nitrogens with zero attached hydrogens (tertiary/aromatic N) is 2. The average Bonchev–Trinajstić information content (AvgIpc) is 3.60. The van der Waals surface area contributed by atoms with Crippen LogP contribution in [0.25, 0.3) is 0 Å². The molecule has 0 spiro atoms. The maximum absolute atomic E-state index is 5.05. The quantitative estimate of drug-likeness (QED) is 0.0629. The second kappa shape index (κ2) is 37.0. The molecule has 2 unspecified atom stereocenters. The summed E-state index contributed by atoms with van der Waals surface area (Å²) in [5.41, 5.74) is 0. The maximum atomic E-state index is 5.05. The van der Waals surface area contributed by atoms with E-state index in [1.54, 1.807) is 0 Å². The molecular formula is C47H92N2. The monoisotopic (exact) mass is 685 g/mol. The van der Waals surface area contributed by atoms with Gasteiger partial charge in [0.2, 0.25) is 0 Å². The molecule has 0 N–H and O–H groups in total. The van der Waals surface area contributed by atoms with Crippen LogP contribution in [0.15, 0.2) is 12.4 Å². The van der Waals surface area contributed by atoms with E-state index in [-0.39, 0.29) is 0 Å². The molecule has 1 aromatic rings. The van der Waals surface area contributed by atoms with Crippen molar-refractivity contribution in [2.45, 2.75) is 284 Å². The third kappa shape index (κ3) is 28.5. The van der Waals surface area contributed by atoms with Gasteiger partial charge in [-0.3, -0.25) is 0 Å². The van der Waals surface area contributed by atoms with Crippen molar-refractivity contribution in [3.05, 3.63) is 18.2 Å². The zero-order chi connectivity index (χ0) is 35.3. The van der Waals surface area contributed by atoms with Crippen molar-refractivity contribution in [1.82, 2.24) is 9.55 Å². The molecule has 2 nitrogen and oxygen atoms in total. The fraction of sp³-hybridized carbons (Fsp3) is 0.936. The summed E-state index contributed by atoms with van der Waals surface area (Å²) >= 11 is 0. The highest BCUT2D eigenvalue weighted by Crippen LogP contribution is 2.31. The van der Waals surface area contributed by atoms with Crippen molar-refractivity contribution >= 4 is 0 Å². The summed E-state index contributed by atoms with van der Waals surface area (Å²) in [7, 11) is 0. The molecule has 0 aliphatic rings. The van der Waals surface area contributed by atoms with Gasteiger partial charge in [-0.15, -0.1) is 0 Å². The van der Waals surface area contributed by atoms with Crippen LogP contribution in [0.4, 0.5) is 0 Å². The zero-order valence-corrected chi connectivity index (χ0v) is 34.6. The predicted molar refractivity (Wildman–Crippen MR) is 222 cm³/mol. The molecule has 0 radical (unpaired) electrons. The first-order valence-corrected chi connectivity index (χ1v) is 23.3. The van der Waals surface area contributed by atoms with Crippen molar-refractivity contribution in [3.8, 4) is 0 Å². The van der Waals surface area contributed by atoms with Crippen LogP contribution in [0.2, 0.25) is 0 Å². The third-order valence-corrected chi connectivity index (χ3v) is 11.6. The lowest BCUT2D eigenvalue weighted by Crippen LogP contribution is -2.13. The van der Waals surface area contributed by atoms with E-state index in [1.165, 1.54) is 250 Å². The molecule has 0 saturated carbocycles. The molecule has 1 aromatic heterocycles. The van der Waals surface area contributed by atoms with Crippen molar-refractivity contribution in [2.75, 3.05) is 0 Å². The summed E-state index contributed by atoms with van der Waals surface area (Å²) in [6.45, 7) is 9.40. The van der Waals surface area contributed by atoms with Crippen molar-refractivity contribution in [2.24, 2.45) is 0 Å². The van der Waals surface area contributed by atoms with Gasteiger partial charge in [-0.05, 0) is 26.2 Å². The van der Waals surface area contributed by atoms with Gasteiger partial charge in [-0.2, -0.15) is 0 Å². The minimum absolute atomic E-state index is 0.586. The molecule has 49 heavy (non-hydrogen) atoms. The van der Waals surface area contributed by atoms with Crippen LogP contribution in [0, 0.1) is 0 Å². The number of imidazole rings is 1. The van der Waals surface area contributed by atoms with Gasteiger partial charge in [0.25, 0.3) is 0 Å². The van der Waals surface area contributed by atoms with Crippen LogP contribution in [-0.2, 0) is 0 Å². The molecule has 0 fully saturated rings. The minimum atomic E-state index is 0.586. The fourth-order valence-corrected chi connectivity index (χ4v) is 8.12. The molecule has 2 atom stereocenters. The Hall–Kier alpha value is -0.790. The van der Waals surface area contributed by atoms with E-state index >= 15 is 0 Å². The first kappa shape index (κ1) is 46.2. The van der Waals surface area contributed by atoms with Crippen LogP contribution in [0.5, 0.6) is 0 Å². The highest BCUT2D eigenvalue weighted by Gasteiger charge is 2.19. The largest absolute Gasteiger partial charge is 0.332 e. The smallest absolute Gasteiger partial charge is 0.111 e. The number of aromatic nitrogens is 2. The Morgan fingerprint density at radius 3 is 0.959 bits per heavy atom. The molecule has 1 heterocycles. The van der Waals surface area contributed by atoms with E-state index in [0.717, 1.165) is 0 Å². The van der Waals surface area contributed by atoms with Crippen LogP contribution in [-0.4, -0.2) is 9.55 Å². The second-order valence-corrected chi connectivity index (χ2v) is 16.4. The Labute approximate surface area is 310 Å². The van der Waals surface area contributed by atoms with Gasteiger partial charge < -0.3 is 4.57 Å². The molecule has 0 aromatic carbocycles. The first-order valence-electron chi connectivity index (χ1n) is 23.3. The molecule has 2 heteroatoms. The standard InChI is InChI=1S/C47H92N2/c1-5-8-11-14-17-19-21-23-24-26-28-30-33-36-39-42-46(41-38-35-32-29-27-25-22-20-18-15-12-9-6-2)47-48-43-44-49(47)45(4)40-37-34-31-16-13-10-7-3/h43-46H,5-42H2,1-4H3. The van der Waals surface area contributed by atoms with Gasteiger partial charge >= 0.3 is 0 Å². The SMILES string of the molecule is CCCCCCCCCCCCCCCCCC(CCCCCCCCCCCCCCC)c1nccn1C(C)CCCCCCCCC. The van der Waals surface area contributed by atoms with Crippen molar-refractivity contribution < 1.29 is 0 Å². The van der Waals surface area contributed by atoms with Crippen LogP contribution >= 0.6 is 0 Å². The topological polar surface area (TPSA) is 17.8 Å². The van der Waals surface area contributed by atoms with E-state index in [4.69, 9.17) is 4.98 Å². The molecule has 0 aliphatic heterocycles. The normalized spacial score (nSPS) is 13.0. The average molecular weight is 685 g/mol. The van der Waals surface area contributed by atoms with E-state index in [0.29, 0.717) is 12.0 Å². The minimum Gasteiger partial charge on any atom is -0.332 e. The van der Waals surface area contributed by atoms with Crippen molar-refractivity contribution in [3.63, 3.8) is 0 Å². The first-order chi connectivity index (χ1) is 24.2. The second-order valence-electron chi connectivity index (χ2n) is 16.4. The molecule has 290 valence electrons. The van der Waals surface area contributed by atoms with E-state index in [2.05, 4.69) is 44.7 Å². The Bertz CT molecular complexity index is 753. The lowest BCUT2D eigenvalue weighted by Gasteiger charge is -2.22. The highest BCUT2D eigenvalue weighted by molar-refractivity contribution is 5.02. The molecule has 0 saturated heterocycles. The zero-order valence-electron chi connectivity index (χ0n) is 34.6. The van der Waals surface area contributed by atoms with Crippen LogP contribution < -0.4 is 0 Å². The summed E-state index contributed by atoms with van der Waals surface area (Å²) in [5, 5.41) is 0. The predicted octanol–water partition coefficient (Wildman–Crippen LogP) is 17.4. The fourth-order valence-electron chi connectivity index (χ4n) is 8.12. The molecule has 0 bridgehead atoms. The summed E-state index contributed by atoms with van der Waals surface area (Å²) in [4.78, 5) is 5.05. The number of unbranched alkanes of at least 4 members (excludes halogenated alkanes) is 32. The lowest BCUT2D eigenvalue weighted by molar-refractivity contribution is 0.412. The van der Waals surface area contributed by atoms with Gasteiger partial charge in [0, 0.05) is 24.4 Å². The molecule has 1 rings (SSSR count). The molecule has 0 amide bonds. The van der Waals surface area contributed by atoms with Crippen LogP contribution in [0.3, 0.4) is 0 Å². The van der Waals surface area contributed by atoms with Gasteiger partial charge in [0.05, 0.1) is 0 Å². The van der Waals surface area contributed by atoms with Crippen LogP contribution in [0.1, 0.15) is 289 Å². The highest BCUT2D eigenvalue weighted by atomic mass is 15.1. The summed E-state index contributed by atoms with van der Waals surface area (Å²) in [6, 6.07) is 0.586. The number of hydrogen-bond acceptors (Lipinski definition) is 1. The van der Waals surface area contributed by atoms with Gasteiger partial charge in [0.1, 0.15) is 5.82 Å². The Morgan fingerprint density at radius 2 is 0.653 bits per heavy atom. The Kier molecular flexibility index (Phi) is 34.9. The van der Waals surface area contributed by atoms with E-state index < -0.39 is 0 Å². The summed E-state index contributed by atoms with van der Waals surface area (Å²) in [5.74, 6) is 2.07. The molecular weight excluding hydrogens is 593 g/mol. The summed E-state index contributed by atoms with van der Waals surface area (Å²) < 4.78 is 2.59. The van der Waals surface area contributed by atoms with Gasteiger partial charge in [-0.1, -0.05) is 245 Å². The number of rotatable bonds is 40. The Morgan fingerprint density at radius 1 is 0.388 bits per heavy atom. The van der Waals surface area contributed by atoms with E-state index in [9.17, 15) is 0 Å². The number of hydrogen-bond donors (Lipinski definition) is 0. The van der Waals surface area contributed by atoms with E-state index in [1.807, 2.05) is 0 Å². The maximum Gasteiger partial charge on any atom is 0.111 e. The summed E-state index contributed by atoms with van der Waals surface area (Å²) in [6.07, 6.45) is 58.6. The van der Waals surface area contributed by atoms with Gasteiger partial charge in [-0.25, -0.2) is 4.98 Å². The lowest BCUT2D eigenvalue weighted by atomic mass is 9.92. The Balaban J connectivity index is 2.35. The molecule has 0 aliphatic carbocycles. The van der Waals surface area contributed by atoms with Crippen molar-refractivity contribution in [1.29, 1.82) is 0 Å². The van der Waals surface area contributed by atoms with Gasteiger partial charge in [0.15, 0.2) is 0 Å². The third-order valence-electron chi connectivity index (χ3n) is 11.6.